The first kappa shape index (κ1) is 22.6. The first-order valence-electron chi connectivity index (χ1n) is 12.9. The maximum Gasteiger partial charge on any atom is 0.303 e. The summed E-state index contributed by atoms with van der Waals surface area (Å²) in [5.74, 6) is 2.86. The Morgan fingerprint density at radius 2 is 1.97 bits per heavy atom. The average molecular weight is 456 g/mol. The van der Waals surface area contributed by atoms with E-state index in [1.165, 1.54) is 47.7 Å². The van der Waals surface area contributed by atoms with Crippen molar-refractivity contribution in [3.8, 4) is 0 Å². The Balaban J connectivity index is 1.45. The Hall–Kier alpha value is -1.16. The van der Waals surface area contributed by atoms with Gasteiger partial charge in [0.1, 0.15) is 0 Å². The lowest BCUT2D eigenvalue weighted by molar-refractivity contribution is -0.137. The van der Waals surface area contributed by atoms with Crippen LogP contribution in [0.5, 0.6) is 0 Å². The van der Waals surface area contributed by atoms with Crippen molar-refractivity contribution in [2.24, 2.45) is 40.4 Å². The number of hydrogen-bond acceptors (Lipinski definition) is 3. The molecule has 4 heteroatoms. The molecule has 176 valence electrons. The van der Waals surface area contributed by atoms with E-state index in [-0.39, 0.29) is 10.8 Å². The average Bonchev–Trinajstić information content (AvgIpc) is 3.25. The van der Waals surface area contributed by atoms with E-state index in [0.717, 1.165) is 30.6 Å². The molecular weight excluding hydrogens is 414 g/mol. The molecule has 0 bridgehead atoms. The molecule has 1 heterocycles. The predicted molar refractivity (Wildman–Crippen MR) is 131 cm³/mol. The second-order valence-electron chi connectivity index (χ2n) is 12.6. The second-order valence-corrected chi connectivity index (χ2v) is 13.8. The zero-order valence-electron chi connectivity index (χ0n) is 20.8. The molecule has 3 nitrogen and oxygen atoms in total. The Kier molecular flexibility index (Phi) is 5.24. The lowest BCUT2D eigenvalue weighted by Crippen LogP contribution is -2.53. The highest BCUT2D eigenvalue weighted by molar-refractivity contribution is 7.11. The summed E-state index contributed by atoms with van der Waals surface area (Å²) >= 11 is 1.91. The van der Waals surface area contributed by atoms with Crippen LogP contribution in [-0.4, -0.2) is 16.1 Å². The van der Waals surface area contributed by atoms with Gasteiger partial charge in [-0.2, -0.15) is 0 Å². The van der Waals surface area contributed by atoms with Gasteiger partial charge in [-0.25, -0.2) is 4.98 Å². The largest absolute Gasteiger partial charge is 0.481 e. The topological polar surface area (TPSA) is 50.2 Å². The highest BCUT2D eigenvalue weighted by atomic mass is 32.1. The van der Waals surface area contributed by atoms with Gasteiger partial charge >= 0.3 is 5.97 Å². The number of fused-ring (bicyclic) bond motifs is 6. The highest BCUT2D eigenvalue weighted by Gasteiger charge is 2.61. The minimum Gasteiger partial charge on any atom is -0.481 e. The van der Waals surface area contributed by atoms with Crippen molar-refractivity contribution in [1.82, 2.24) is 4.98 Å². The molecule has 1 aromatic rings. The lowest BCUT2D eigenvalue weighted by Gasteiger charge is -2.60. The summed E-state index contributed by atoms with van der Waals surface area (Å²) in [6, 6.07) is 0. The molecule has 5 rings (SSSR count). The molecule has 2 saturated carbocycles. The van der Waals surface area contributed by atoms with Crippen LogP contribution < -0.4 is 0 Å². The van der Waals surface area contributed by atoms with Crippen molar-refractivity contribution in [2.45, 2.75) is 98.3 Å². The maximum atomic E-state index is 11.2. The number of carbonyl (C=O) groups is 1. The molecule has 0 aromatic carbocycles. The molecule has 1 aromatic heterocycles. The molecular formula is C28H41NO2S. The van der Waals surface area contributed by atoms with Crippen molar-refractivity contribution in [1.29, 1.82) is 0 Å². The van der Waals surface area contributed by atoms with E-state index < -0.39 is 5.97 Å². The Morgan fingerprint density at radius 3 is 2.69 bits per heavy atom. The zero-order chi connectivity index (χ0) is 23.1. The molecule has 0 spiro atoms. The van der Waals surface area contributed by atoms with Crippen molar-refractivity contribution in [2.75, 3.05) is 0 Å². The van der Waals surface area contributed by atoms with Gasteiger partial charge in [-0.3, -0.25) is 4.79 Å². The Morgan fingerprint density at radius 1 is 1.22 bits per heavy atom. The number of nitrogens with zero attached hydrogens (tertiary/aromatic N) is 1. The number of carboxylic acids is 1. The van der Waals surface area contributed by atoms with Crippen LogP contribution in [0.15, 0.2) is 11.6 Å². The maximum absolute atomic E-state index is 11.2. The molecule has 0 radical (unpaired) electrons. The minimum atomic E-state index is -0.644. The van der Waals surface area contributed by atoms with Crippen molar-refractivity contribution < 1.29 is 9.90 Å². The zero-order valence-corrected chi connectivity index (χ0v) is 21.6. The lowest BCUT2D eigenvalue weighted by atomic mass is 9.45. The fraction of sp³-hybridized carbons (Fsp3) is 0.786. The van der Waals surface area contributed by atoms with E-state index in [4.69, 9.17) is 4.98 Å². The number of aryl methyl sites for hydroxylation is 1. The van der Waals surface area contributed by atoms with Gasteiger partial charge in [0, 0.05) is 23.1 Å². The SMILES string of the molecule is Cc1nc2c(s1)C(C)(C)C1=CC[C@H]3[C@@H]4CC[C@H]([C@H](C)CCC(=O)O)[C@@]4(C)CC[C@@H]3[C@@]1(C)C2. The molecule has 7 atom stereocenters. The first-order chi connectivity index (χ1) is 15.0. The molecule has 0 unspecified atom stereocenters. The predicted octanol–water partition coefficient (Wildman–Crippen LogP) is 7.18. The number of aliphatic carboxylic acids is 1. The van der Waals surface area contributed by atoms with Crippen molar-refractivity contribution in [3.63, 3.8) is 0 Å². The molecule has 4 aliphatic rings. The van der Waals surface area contributed by atoms with E-state index in [9.17, 15) is 9.90 Å². The molecule has 2 fully saturated rings. The van der Waals surface area contributed by atoms with Gasteiger partial charge in [-0.15, -0.1) is 11.3 Å². The van der Waals surface area contributed by atoms with Crippen molar-refractivity contribution >= 4 is 17.3 Å². The van der Waals surface area contributed by atoms with E-state index in [0.29, 0.717) is 23.7 Å². The summed E-state index contributed by atoms with van der Waals surface area (Å²) in [5.41, 5.74) is 3.78. The number of aromatic nitrogens is 1. The van der Waals surface area contributed by atoms with Crippen LogP contribution in [-0.2, 0) is 16.6 Å². The molecule has 0 saturated heterocycles. The standard InChI is InChI=1S/C28H41NO2S/c1-16(7-12-24(30)31)19-9-10-20-18-8-11-23-26(3,4)25-22(29-17(2)32-25)15-28(23,6)21(18)13-14-27(19,20)5/h11,16,18-21H,7-10,12-15H2,1-6H3,(H,30,31)/t16-,18+,19-,20+,21+,27-,28-/m1/s1. The van der Waals surface area contributed by atoms with Crippen LogP contribution in [0.2, 0.25) is 0 Å². The number of rotatable bonds is 4. The second kappa shape index (κ2) is 7.42. The smallest absolute Gasteiger partial charge is 0.303 e. The number of thiazole rings is 1. The monoisotopic (exact) mass is 455 g/mol. The molecule has 32 heavy (non-hydrogen) atoms. The summed E-state index contributed by atoms with van der Waals surface area (Å²) in [7, 11) is 0. The van der Waals surface area contributed by atoms with Gasteiger partial charge in [0.25, 0.3) is 0 Å². The third kappa shape index (κ3) is 3.11. The Labute approximate surface area is 198 Å². The Bertz CT molecular complexity index is 961. The first-order valence-corrected chi connectivity index (χ1v) is 13.7. The van der Waals surface area contributed by atoms with Crippen LogP contribution in [0, 0.1) is 47.3 Å². The van der Waals surface area contributed by atoms with E-state index in [1.54, 1.807) is 5.57 Å². The molecule has 1 N–H and O–H groups in total. The van der Waals surface area contributed by atoms with Crippen LogP contribution in [0.4, 0.5) is 0 Å². The van der Waals surface area contributed by atoms with Crippen LogP contribution in [0.1, 0.15) is 95.1 Å². The van der Waals surface area contributed by atoms with Crippen LogP contribution >= 0.6 is 11.3 Å². The van der Waals surface area contributed by atoms with Gasteiger partial charge < -0.3 is 5.11 Å². The van der Waals surface area contributed by atoms with Gasteiger partial charge in [0.05, 0.1) is 10.7 Å². The van der Waals surface area contributed by atoms with Gasteiger partial charge in [0.2, 0.25) is 0 Å². The quantitative estimate of drug-likeness (QED) is 0.489. The molecule has 0 amide bonds. The van der Waals surface area contributed by atoms with E-state index in [1.807, 2.05) is 11.3 Å². The molecule has 4 aliphatic carbocycles. The van der Waals surface area contributed by atoms with E-state index >= 15 is 0 Å². The van der Waals surface area contributed by atoms with Gasteiger partial charge in [-0.1, -0.05) is 46.3 Å². The van der Waals surface area contributed by atoms with Crippen LogP contribution in [0.3, 0.4) is 0 Å². The minimum absolute atomic E-state index is 0.101. The van der Waals surface area contributed by atoms with Gasteiger partial charge in [0.15, 0.2) is 0 Å². The normalized spacial score (nSPS) is 40.5. The number of allylic oxidation sites excluding steroid dienone is 2. The highest BCUT2D eigenvalue weighted by Crippen LogP contribution is 2.68. The van der Waals surface area contributed by atoms with Crippen molar-refractivity contribution in [3.05, 3.63) is 27.2 Å². The van der Waals surface area contributed by atoms with E-state index in [2.05, 4.69) is 47.6 Å². The number of carboxylic acid groups (broad SMARTS) is 1. The number of hydrogen-bond donors (Lipinski definition) is 1. The fourth-order valence-electron chi connectivity index (χ4n) is 9.37. The fourth-order valence-corrected chi connectivity index (χ4v) is 10.4. The summed E-state index contributed by atoms with van der Waals surface area (Å²) in [6.45, 7) is 14.5. The van der Waals surface area contributed by atoms with Gasteiger partial charge in [-0.05, 0) is 85.9 Å². The molecule has 0 aliphatic heterocycles. The third-order valence-corrected chi connectivity index (χ3v) is 12.0. The third-order valence-electron chi connectivity index (χ3n) is 10.6. The van der Waals surface area contributed by atoms with Crippen LogP contribution in [0.25, 0.3) is 0 Å². The summed E-state index contributed by atoms with van der Waals surface area (Å²) < 4.78 is 0. The summed E-state index contributed by atoms with van der Waals surface area (Å²) in [5, 5.41) is 10.4. The summed E-state index contributed by atoms with van der Waals surface area (Å²) in [4.78, 5) is 17.7. The summed E-state index contributed by atoms with van der Waals surface area (Å²) in [6.07, 6.45) is 11.4.